The molecule has 0 radical (unpaired) electrons. The van der Waals surface area contributed by atoms with Crippen LogP contribution in [0.3, 0.4) is 0 Å². The summed E-state index contributed by atoms with van der Waals surface area (Å²) >= 11 is 6.15. The van der Waals surface area contributed by atoms with E-state index in [4.69, 9.17) is 11.6 Å². The van der Waals surface area contributed by atoms with Gasteiger partial charge in [-0.1, -0.05) is 31.4 Å². The lowest BCUT2D eigenvalue weighted by molar-refractivity contribution is 0.192. The van der Waals surface area contributed by atoms with E-state index in [2.05, 4.69) is 22.2 Å². The van der Waals surface area contributed by atoms with Crippen LogP contribution in [0.15, 0.2) is 0 Å². The van der Waals surface area contributed by atoms with Crippen LogP contribution >= 0.6 is 11.6 Å². The van der Waals surface area contributed by atoms with Gasteiger partial charge in [0.15, 0.2) is 5.15 Å². The average molecular weight is 300 g/mol. The van der Waals surface area contributed by atoms with Gasteiger partial charge in [0.2, 0.25) is 0 Å². The lowest BCUT2D eigenvalue weighted by atomic mass is 9.97. The third kappa shape index (κ3) is 4.21. The summed E-state index contributed by atoms with van der Waals surface area (Å²) in [6, 6.07) is 0. The highest BCUT2D eigenvalue weighted by atomic mass is 35.5. The third-order valence-electron chi connectivity index (χ3n) is 4.30. The van der Waals surface area contributed by atoms with Crippen molar-refractivity contribution in [2.45, 2.75) is 52.0 Å². The van der Waals surface area contributed by atoms with Crippen LogP contribution in [0, 0.1) is 11.8 Å². The van der Waals surface area contributed by atoms with Gasteiger partial charge < -0.3 is 15.4 Å². The van der Waals surface area contributed by atoms with Crippen LogP contribution in [-0.4, -0.2) is 28.2 Å². The second kappa shape index (κ2) is 8.01. The zero-order chi connectivity index (χ0) is 14.4. The normalized spacial score (nSPS) is 22.6. The molecular formula is C15H26ClN3O. The summed E-state index contributed by atoms with van der Waals surface area (Å²) in [6.07, 6.45) is 6.88. The van der Waals surface area contributed by atoms with Gasteiger partial charge in [-0.05, 0) is 37.6 Å². The first kappa shape index (κ1) is 15.8. The van der Waals surface area contributed by atoms with E-state index in [0.29, 0.717) is 23.6 Å². The minimum atomic E-state index is 0.318. The van der Waals surface area contributed by atoms with Gasteiger partial charge in [-0.25, -0.2) is 4.98 Å². The zero-order valence-corrected chi connectivity index (χ0v) is 13.0. The number of aliphatic hydroxyl groups excluding tert-OH is 1. The Morgan fingerprint density at radius 3 is 2.95 bits per heavy atom. The molecule has 1 saturated carbocycles. The number of rotatable bonds is 8. The number of nitrogens with zero attached hydrogens (tertiary/aromatic N) is 1. The van der Waals surface area contributed by atoms with Crippen LogP contribution in [0.2, 0.25) is 5.15 Å². The molecule has 2 rings (SSSR count). The van der Waals surface area contributed by atoms with Crippen LogP contribution in [-0.2, 0) is 13.0 Å². The maximum Gasteiger partial charge on any atom is 0.151 e. The Balaban J connectivity index is 1.77. The minimum Gasteiger partial charge on any atom is -0.396 e. The molecule has 1 fully saturated rings. The van der Waals surface area contributed by atoms with Crippen LogP contribution in [0.1, 0.15) is 50.5 Å². The molecule has 3 N–H and O–H groups in total. The number of imidazole rings is 1. The number of halogens is 1. The standard InChI is InChI=1S/C15H26ClN3O/c1-2-3-7-14-18-13(15(16)19-14)9-17-8-11-5-4-6-12(11)10-20/h11-12,17,20H,2-10H2,1H3,(H,18,19). The summed E-state index contributed by atoms with van der Waals surface area (Å²) in [5.41, 5.74) is 0.983. The van der Waals surface area contributed by atoms with Crippen LogP contribution in [0.4, 0.5) is 0 Å². The quantitative estimate of drug-likeness (QED) is 0.692. The molecule has 0 bridgehead atoms. The molecule has 0 spiro atoms. The van der Waals surface area contributed by atoms with E-state index in [1.54, 1.807) is 0 Å². The number of unbranched alkanes of at least 4 members (excludes halogenated alkanes) is 1. The Bertz CT molecular complexity index is 408. The van der Waals surface area contributed by atoms with Gasteiger partial charge >= 0.3 is 0 Å². The molecule has 1 heterocycles. The fraction of sp³-hybridized carbons (Fsp3) is 0.800. The van der Waals surface area contributed by atoms with E-state index in [1.807, 2.05) is 0 Å². The zero-order valence-electron chi connectivity index (χ0n) is 12.3. The topological polar surface area (TPSA) is 60.9 Å². The number of aliphatic hydroxyl groups is 1. The van der Waals surface area contributed by atoms with E-state index < -0.39 is 0 Å². The van der Waals surface area contributed by atoms with E-state index in [-0.39, 0.29) is 0 Å². The van der Waals surface area contributed by atoms with Crippen LogP contribution in [0.5, 0.6) is 0 Å². The highest BCUT2D eigenvalue weighted by Crippen LogP contribution is 2.30. The highest BCUT2D eigenvalue weighted by Gasteiger charge is 2.26. The van der Waals surface area contributed by atoms with Crippen molar-refractivity contribution in [3.63, 3.8) is 0 Å². The maximum absolute atomic E-state index is 9.32. The second-order valence-corrected chi connectivity index (χ2v) is 6.18. The van der Waals surface area contributed by atoms with Gasteiger partial charge in [0.05, 0.1) is 5.69 Å². The Labute approximate surface area is 126 Å². The SMILES string of the molecule is CCCCc1nc(Cl)c(CNCC2CCCC2CO)[nH]1. The molecule has 1 aromatic rings. The predicted molar refractivity (Wildman–Crippen MR) is 81.8 cm³/mol. The largest absolute Gasteiger partial charge is 0.396 e. The molecule has 1 aromatic heterocycles. The van der Waals surface area contributed by atoms with Gasteiger partial charge in [0.1, 0.15) is 5.82 Å². The summed E-state index contributed by atoms with van der Waals surface area (Å²) in [5.74, 6) is 2.06. The van der Waals surface area contributed by atoms with Crippen molar-refractivity contribution < 1.29 is 5.11 Å². The number of aryl methyl sites for hydroxylation is 1. The van der Waals surface area contributed by atoms with Crippen molar-refractivity contribution in [1.29, 1.82) is 0 Å². The predicted octanol–water partition coefficient (Wildman–Crippen LogP) is 2.90. The minimum absolute atomic E-state index is 0.318. The molecular weight excluding hydrogens is 274 g/mol. The fourth-order valence-electron chi connectivity index (χ4n) is 3.02. The highest BCUT2D eigenvalue weighted by molar-refractivity contribution is 6.30. The van der Waals surface area contributed by atoms with Crippen molar-refractivity contribution in [3.05, 3.63) is 16.7 Å². The summed E-state index contributed by atoms with van der Waals surface area (Å²) in [5, 5.41) is 13.4. The monoisotopic (exact) mass is 299 g/mol. The molecule has 2 atom stereocenters. The number of aromatic amines is 1. The van der Waals surface area contributed by atoms with E-state index in [1.165, 1.54) is 12.8 Å². The second-order valence-electron chi connectivity index (χ2n) is 5.82. The van der Waals surface area contributed by atoms with Crippen molar-refractivity contribution in [3.8, 4) is 0 Å². The van der Waals surface area contributed by atoms with Gasteiger partial charge in [0, 0.05) is 19.6 Å². The Morgan fingerprint density at radius 2 is 2.20 bits per heavy atom. The molecule has 0 amide bonds. The lowest BCUT2D eigenvalue weighted by Crippen LogP contribution is -2.26. The van der Waals surface area contributed by atoms with Crippen LogP contribution < -0.4 is 5.32 Å². The van der Waals surface area contributed by atoms with Crippen molar-refractivity contribution in [2.24, 2.45) is 11.8 Å². The molecule has 1 aliphatic rings. The first-order valence-electron chi connectivity index (χ1n) is 7.79. The number of H-pyrrole nitrogens is 1. The number of hydrogen-bond donors (Lipinski definition) is 3. The van der Waals surface area contributed by atoms with E-state index in [9.17, 15) is 5.11 Å². The molecule has 5 heteroatoms. The van der Waals surface area contributed by atoms with Gasteiger partial charge in [-0.3, -0.25) is 0 Å². The summed E-state index contributed by atoms with van der Waals surface area (Å²) < 4.78 is 0. The van der Waals surface area contributed by atoms with E-state index >= 15 is 0 Å². The number of aromatic nitrogens is 2. The average Bonchev–Trinajstić information content (AvgIpc) is 3.03. The summed E-state index contributed by atoms with van der Waals surface area (Å²) in [6.45, 7) is 4.17. The molecule has 20 heavy (non-hydrogen) atoms. The first-order valence-corrected chi connectivity index (χ1v) is 8.17. The Kier molecular flexibility index (Phi) is 6.33. The van der Waals surface area contributed by atoms with Gasteiger partial charge in [0.25, 0.3) is 0 Å². The Hall–Kier alpha value is -0.580. The third-order valence-corrected chi connectivity index (χ3v) is 4.62. The van der Waals surface area contributed by atoms with Crippen molar-refractivity contribution in [1.82, 2.24) is 15.3 Å². The summed E-state index contributed by atoms with van der Waals surface area (Å²) in [7, 11) is 0. The molecule has 2 unspecified atom stereocenters. The summed E-state index contributed by atoms with van der Waals surface area (Å²) in [4.78, 5) is 7.67. The molecule has 0 saturated heterocycles. The number of hydrogen-bond acceptors (Lipinski definition) is 3. The van der Waals surface area contributed by atoms with Gasteiger partial charge in [-0.2, -0.15) is 0 Å². The van der Waals surface area contributed by atoms with Crippen molar-refractivity contribution in [2.75, 3.05) is 13.2 Å². The molecule has 0 aromatic carbocycles. The van der Waals surface area contributed by atoms with E-state index in [0.717, 1.165) is 50.3 Å². The lowest BCUT2D eigenvalue weighted by Gasteiger charge is -2.17. The fourth-order valence-corrected chi connectivity index (χ4v) is 3.24. The molecule has 114 valence electrons. The van der Waals surface area contributed by atoms with Crippen molar-refractivity contribution >= 4 is 11.6 Å². The maximum atomic E-state index is 9.32. The molecule has 4 nitrogen and oxygen atoms in total. The first-order chi connectivity index (χ1) is 9.74. The van der Waals surface area contributed by atoms with Gasteiger partial charge in [-0.15, -0.1) is 0 Å². The molecule has 0 aliphatic heterocycles. The number of nitrogens with one attached hydrogen (secondary N) is 2. The van der Waals surface area contributed by atoms with Crippen LogP contribution in [0.25, 0.3) is 0 Å². The molecule has 1 aliphatic carbocycles. The smallest absolute Gasteiger partial charge is 0.151 e. The Morgan fingerprint density at radius 1 is 1.40 bits per heavy atom.